The highest BCUT2D eigenvalue weighted by atomic mass is 35.5. The Labute approximate surface area is 161 Å². The van der Waals surface area contributed by atoms with Crippen molar-refractivity contribution in [1.82, 2.24) is 0 Å². The molecule has 2 N–H and O–H groups in total. The molecule has 7 heteroatoms. The fourth-order valence-corrected chi connectivity index (χ4v) is 3.91. The van der Waals surface area contributed by atoms with Crippen LogP contribution in [-0.4, -0.2) is 8.42 Å². The minimum absolute atomic E-state index is 0.167. The van der Waals surface area contributed by atoms with Gasteiger partial charge in [0.15, 0.2) is 11.6 Å². The highest BCUT2D eigenvalue weighted by molar-refractivity contribution is 7.89. The Balaban J connectivity index is 2.39. The molecule has 0 saturated carbocycles. The number of nitrogens with two attached hydrogens (primary N) is 1. The Kier molecular flexibility index (Phi) is 5.08. The predicted molar refractivity (Wildman–Crippen MR) is 103 cm³/mol. The van der Waals surface area contributed by atoms with Gasteiger partial charge in [0.25, 0.3) is 0 Å². The summed E-state index contributed by atoms with van der Waals surface area (Å²) in [5.74, 6) is -2.12. The van der Waals surface area contributed by atoms with Gasteiger partial charge in [-0.2, -0.15) is 0 Å². The summed E-state index contributed by atoms with van der Waals surface area (Å²) < 4.78 is 52.0. The summed E-state index contributed by atoms with van der Waals surface area (Å²) in [5.41, 5.74) is 2.88. The number of benzene rings is 3. The minimum atomic E-state index is -4.06. The number of hydrogen-bond acceptors (Lipinski definition) is 2. The van der Waals surface area contributed by atoms with Crippen LogP contribution in [0, 0.1) is 25.5 Å². The van der Waals surface area contributed by atoms with Gasteiger partial charge in [-0.05, 0) is 72.0 Å². The largest absolute Gasteiger partial charge is 0.238 e. The molecule has 0 saturated heterocycles. The van der Waals surface area contributed by atoms with Gasteiger partial charge in [0.05, 0.1) is 4.90 Å². The van der Waals surface area contributed by atoms with Crippen molar-refractivity contribution in [2.75, 3.05) is 0 Å². The van der Waals surface area contributed by atoms with Crippen LogP contribution in [-0.2, 0) is 10.0 Å². The first-order valence-corrected chi connectivity index (χ1v) is 9.90. The summed E-state index contributed by atoms with van der Waals surface area (Å²) in [6, 6.07) is 11.5. The molecule has 0 aromatic heterocycles. The summed E-state index contributed by atoms with van der Waals surface area (Å²) in [6.07, 6.45) is 0. The average Bonchev–Trinajstić information content (AvgIpc) is 2.60. The highest BCUT2D eigenvalue weighted by Gasteiger charge is 2.20. The van der Waals surface area contributed by atoms with E-state index in [0.29, 0.717) is 16.1 Å². The number of primary sulfonamides is 1. The van der Waals surface area contributed by atoms with Crippen LogP contribution in [0.3, 0.4) is 0 Å². The maximum absolute atomic E-state index is 14.0. The third-order valence-electron chi connectivity index (χ3n) is 4.29. The van der Waals surface area contributed by atoms with Crippen molar-refractivity contribution in [3.05, 3.63) is 76.3 Å². The summed E-state index contributed by atoms with van der Waals surface area (Å²) >= 11 is 6.21. The van der Waals surface area contributed by atoms with Crippen LogP contribution in [0.15, 0.2) is 53.4 Å². The first-order valence-electron chi connectivity index (χ1n) is 7.98. The average molecular weight is 408 g/mol. The summed E-state index contributed by atoms with van der Waals surface area (Å²) in [4.78, 5) is -0.167. The maximum atomic E-state index is 14.0. The normalized spacial score (nSPS) is 11.6. The fraction of sp³-hybridized carbons (Fsp3) is 0.100. The van der Waals surface area contributed by atoms with Crippen molar-refractivity contribution in [2.45, 2.75) is 18.7 Å². The van der Waals surface area contributed by atoms with Crippen molar-refractivity contribution in [1.29, 1.82) is 0 Å². The van der Waals surface area contributed by atoms with E-state index in [2.05, 4.69) is 0 Å². The van der Waals surface area contributed by atoms with E-state index >= 15 is 0 Å². The van der Waals surface area contributed by atoms with E-state index in [4.69, 9.17) is 16.7 Å². The number of rotatable bonds is 3. The fourth-order valence-electron chi connectivity index (χ4n) is 3.05. The van der Waals surface area contributed by atoms with Crippen molar-refractivity contribution in [3.8, 4) is 22.3 Å². The van der Waals surface area contributed by atoms with Crippen molar-refractivity contribution in [3.63, 3.8) is 0 Å². The van der Waals surface area contributed by atoms with Crippen molar-refractivity contribution >= 4 is 21.6 Å². The topological polar surface area (TPSA) is 60.2 Å². The minimum Gasteiger partial charge on any atom is -0.225 e. The molecule has 0 fully saturated rings. The van der Waals surface area contributed by atoms with Crippen LogP contribution in [0.1, 0.15) is 11.1 Å². The molecule has 0 bridgehead atoms. The number of hydrogen-bond donors (Lipinski definition) is 1. The van der Waals surface area contributed by atoms with E-state index in [9.17, 15) is 17.2 Å². The zero-order valence-corrected chi connectivity index (χ0v) is 16.1. The summed E-state index contributed by atoms with van der Waals surface area (Å²) in [6.45, 7) is 3.60. The smallest absolute Gasteiger partial charge is 0.225 e. The van der Waals surface area contributed by atoms with E-state index in [1.165, 1.54) is 18.2 Å². The van der Waals surface area contributed by atoms with Crippen LogP contribution in [0.2, 0.25) is 5.02 Å². The molecular weight excluding hydrogens is 392 g/mol. The summed E-state index contributed by atoms with van der Waals surface area (Å²) in [7, 11) is -4.06. The van der Waals surface area contributed by atoms with Gasteiger partial charge in [-0.1, -0.05) is 29.8 Å². The Morgan fingerprint density at radius 3 is 1.93 bits per heavy atom. The molecule has 3 rings (SSSR count). The standard InChI is InChI=1S/C20H16ClF2NO2S/c1-11-7-13(8-12(2)20(11)21)15-9-17(22)18(23)10-16(15)14-5-3-4-6-19(14)27(24,25)26/h3-10H,1-2H3,(H2,24,25,26). The third-order valence-corrected chi connectivity index (χ3v) is 5.86. The zero-order valence-electron chi connectivity index (χ0n) is 14.6. The van der Waals surface area contributed by atoms with Gasteiger partial charge in [-0.25, -0.2) is 22.3 Å². The molecule has 0 spiro atoms. The molecule has 0 unspecified atom stereocenters. The van der Waals surface area contributed by atoms with Gasteiger partial charge in [-0.3, -0.25) is 0 Å². The van der Waals surface area contributed by atoms with E-state index in [1.54, 1.807) is 32.0 Å². The zero-order chi connectivity index (χ0) is 19.9. The molecule has 0 aliphatic carbocycles. The number of aryl methyl sites for hydroxylation is 2. The monoisotopic (exact) mass is 407 g/mol. The third kappa shape index (κ3) is 3.74. The van der Waals surface area contributed by atoms with Crippen LogP contribution in [0.5, 0.6) is 0 Å². The molecule has 140 valence electrons. The quantitative estimate of drug-likeness (QED) is 0.647. The van der Waals surface area contributed by atoms with Crippen molar-refractivity contribution < 1.29 is 17.2 Å². The second kappa shape index (κ2) is 7.03. The molecule has 3 aromatic carbocycles. The lowest BCUT2D eigenvalue weighted by molar-refractivity contribution is 0.509. The van der Waals surface area contributed by atoms with Gasteiger partial charge in [-0.15, -0.1) is 0 Å². The van der Waals surface area contributed by atoms with E-state index in [1.807, 2.05) is 0 Å². The van der Waals surface area contributed by atoms with Gasteiger partial charge in [0, 0.05) is 10.6 Å². The molecule has 0 atom stereocenters. The second-order valence-electron chi connectivity index (χ2n) is 6.28. The lowest BCUT2D eigenvalue weighted by Crippen LogP contribution is -2.13. The van der Waals surface area contributed by atoms with E-state index in [-0.39, 0.29) is 16.0 Å². The Morgan fingerprint density at radius 2 is 1.37 bits per heavy atom. The van der Waals surface area contributed by atoms with E-state index < -0.39 is 21.7 Å². The van der Waals surface area contributed by atoms with Gasteiger partial charge >= 0.3 is 0 Å². The van der Waals surface area contributed by atoms with Crippen LogP contribution >= 0.6 is 11.6 Å². The SMILES string of the molecule is Cc1cc(-c2cc(F)c(F)cc2-c2ccccc2S(N)(=O)=O)cc(C)c1Cl. The Bertz CT molecular complexity index is 1140. The van der Waals surface area contributed by atoms with E-state index in [0.717, 1.165) is 23.3 Å². The lowest BCUT2D eigenvalue weighted by Gasteiger charge is -2.15. The maximum Gasteiger partial charge on any atom is 0.238 e. The van der Waals surface area contributed by atoms with Crippen molar-refractivity contribution in [2.24, 2.45) is 5.14 Å². The van der Waals surface area contributed by atoms with Gasteiger partial charge in [0.1, 0.15) is 0 Å². The number of halogens is 3. The summed E-state index contributed by atoms with van der Waals surface area (Å²) in [5, 5.41) is 5.88. The molecule has 0 aliphatic rings. The van der Waals surface area contributed by atoms with Crippen LogP contribution in [0.4, 0.5) is 8.78 Å². The molecule has 0 heterocycles. The predicted octanol–water partition coefficient (Wildman–Crippen LogP) is 5.22. The van der Waals surface area contributed by atoms with Crippen LogP contribution < -0.4 is 5.14 Å². The van der Waals surface area contributed by atoms with Gasteiger partial charge < -0.3 is 0 Å². The molecule has 27 heavy (non-hydrogen) atoms. The molecule has 3 aromatic rings. The Morgan fingerprint density at radius 1 is 0.852 bits per heavy atom. The molecule has 0 aliphatic heterocycles. The molecule has 0 amide bonds. The lowest BCUT2D eigenvalue weighted by atomic mass is 9.92. The second-order valence-corrected chi connectivity index (χ2v) is 8.18. The molecule has 0 radical (unpaired) electrons. The molecule has 3 nitrogen and oxygen atoms in total. The highest BCUT2D eigenvalue weighted by Crippen LogP contribution is 2.38. The first-order chi connectivity index (χ1) is 12.6. The van der Waals surface area contributed by atoms with Gasteiger partial charge in [0.2, 0.25) is 10.0 Å². The van der Waals surface area contributed by atoms with Crippen LogP contribution in [0.25, 0.3) is 22.3 Å². The molecular formula is C20H16ClF2NO2S. The Hall–Kier alpha value is -2.28. The first kappa shape index (κ1) is 19.5. The number of sulfonamides is 1.